The van der Waals surface area contributed by atoms with E-state index in [1.165, 1.54) is 19.6 Å². The minimum absolute atomic E-state index is 0.0262. The van der Waals surface area contributed by atoms with E-state index < -0.39 is 5.97 Å². The smallest absolute Gasteiger partial charge is 0.338 e. The van der Waals surface area contributed by atoms with Crippen LogP contribution in [0.5, 0.6) is 0 Å². The van der Waals surface area contributed by atoms with Crippen molar-refractivity contribution >= 4 is 23.4 Å². The van der Waals surface area contributed by atoms with Crippen LogP contribution in [0.2, 0.25) is 5.02 Å². The van der Waals surface area contributed by atoms with Gasteiger partial charge in [-0.15, -0.1) is 0 Å². The second-order valence-corrected chi connectivity index (χ2v) is 5.32. The van der Waals surface area contributed by atoms with Crippen molar-refractivity contribution in [2.45, 2.75) is 32.1 Å². The van der Waals surface area contributed by atoms with Crippen molar-refractivity contribution in [2.75, 3.05) is 7.11 Å². The van der Waals surface area contributed by atoms with Gasteiger partial charge in [-0.1, -0.05) is 30.9 Å². The van der Waals surface area contributed by atoms with E-state index in [1.54, 1.807) is 12.1 Å². The Labute approximate surface area is 117 Å². The molecule has 0 amide bonds. The predicted molar refractivity (Wildman–Crippen MR) is 73.7 cm³/mol. The average Bonchev–Trinajstić information content (AvgIpc) is 2.46. The molecule has 102 valence electrons. The van der Waals surface area contributed by atoms with Crippen molar-refractivity contribution in [3.05, 3.63) is 34.3 Å². The lowest BCUT2D eigenvalue weighted by atomic mass is 9.83. The molecule has 0 atom stereocenters. The van der Waals surface area contributed by atoms with Gasteiger partial charge in [0.05, 0.1) is 12.7 Å². The summed E-state index contributed by atoms with van der Waals surface area (Å²) in [5.74, 6) is -0.447. The van der Waals surface area contributed by atoms with Gasteiger partial charge in [0.25, 0.3) is 0 Å². The summed E-state index contributed by atoms with van der Waals surface area (Å²) in [6.45, 7) is 0. The van der Waals surface area contributed by atoms with E-state index in [4.69, 9.17) is 16.3 Å². The van der Waals surface area contributed by atoms with Gasteiger partial charge in [0.1, 0.15) is 0 Å². The molecule has 1 aliphatic carbocycles. The number of ether oxygens (including phenoxy) is 1. The molecule has 0 aliphatic heterocycles. The lowest BCUT2D eigenvalue weighted by Gasteiger charge is -2.21. The number of carbonyl (C=O) groups excluding carboxylic acids is 2. The molecule has 1 aromatic carbocycles. The summed E-state index contributed by atoms with van der Waals surface area (Å²) in [5, 5.41) is 0.431. The van der Waals surface area contributed by atoms with Crippen LogP contribution in [-0.4, -0.2) is 18.9 Å². The molecule has 1 aliphatic rings. The number of hydrogen-bond donors (Lipinski definition) is 0. The maximum Gasteiger partial charge on any atom is 0.338 e. The maximum atomic E-state index is 12.5. The first-order valence-electron chi connectivity index (χ1n) is 6.55. The van der Waals surface area contributed by atoms with Crippen LogP contribution in [0.4, 0.5) is 0 Å². The second-order valence-electron chi connectivity index (χ2n) is 4.88. The Balaban J connectivity index is 2.32. The summed E-state index contributed by atoms with van der Waals surface area (Å²) < 4.78 is 4.72. The number of methoxy groups -OCH3 is 1. The standard InChI is InChI=1S/C15H17ClO3/c1-19-15(18)13-9-11(16)7-8-12(13)14(17)10-5-3-2-4-6-10/h7-10H,2-6H2,1H3. The number of esters is 1. The van der Waals surface area contributed by atoms with Gasteiger partial charge in [-0.25, -0.2) is 4.79 Å². The van der Waals surface area contributed by atoms with Crippen LogP contribution in [-0.2, 0) is 4.74 Å². The number of hydrogen-bond acceptors (Lipinski definition) is 3. The summed E-state index contributed by atoms with van der Waals surface area (Å²) in [5.41, 5.74) is 0.703. The van der Waals surface area contributed by atoms with E-state index in [0.717, 1.165) is 25.7 Å². The molecule has 0 unspecified atom stereocenters. The fourth-order valence-corrected chi connectivity index (χ4v) is 2.77. The summed E-state index contributed by atoms with van der Waals surface area (Å²) in [6.07, 6.45) is 5.16. The molecule has 0 N–H and O–H groups in total. The average molecular weight is 281 g/mol. The van der Waals surface area contributed by atoms with E-state index in [1.807, 2.05) is 0 Å². The molecule has 0 heterocycles. The molecule has 19 heavy (non-hydrogen) atoms. The monoisotopic (exact) mass is 280 g/mol. The van der Waals surface area contributed by atoms with Gasteiger partial charge in [-0.2, -0.15) is 0 Å². The minimum atomic E-state index is -0.512. The van der Waals surface area contributed by atoms with Crippen LogP contribution >= 0.6 is 11.6 Å². The summed E-state index contributed by atoms with van der Waals surface area (Å²) in [4.78, 5) is 24.2. The van der Waals surface area contributed by atoms with Gasteiger partial charge in [0.15, 0.2) is 5.78 Å². The zero-order chi connectivity index (χ0) is 13.8. The largest absolute Gasteiger partial charge is 0.465 e. The zero-order valence-electron chi connectivity index (χ0n) is 10.9. The minimum Gasteiger partial charge on any atom is -0.465 e. The third-order valence-corrected chi connectivity index (χ3v) is 3.86. The Morgan fingerprint density at radius 3 is 2.47 bits per heavy atom. The molecule has 0 bridgehead atoms. The highest BCUT2D eigenvalue weighted by atomic mass is 35.5. The third-order valence-electron chi connectivity index (χ3n) is 3.63. The number of ketones is 1. The molecular formula is C15H17ClO3. The Hall–Kier alpha value is -1.35. The first-order valence-corrected chi connectivity index (χ1v) is 6.93. The van der Waals surface area contributed by atoms with Crippen molar-refractivity contribution in [1.82, 2.24) is 0 Å². The van der Waals surface area contributed by atoms with Crippen LogP contribution in [0.1, 0.15) is 52.8 Å². The van der Waals surface area contributed by atoms with E-state index in [0.29, 0.717) is 10.6 Å². The van der Waals surface area contributed by atoms with E-state index >= 15 is 0 Å². The Morgan fingerprint density at radius 1 is 1.16 bits per heavy atom. The summed E-state index contributed by atoms with van der Waals surface area (Å²) >= 11 is 5.89. The lowest BCUT2D eigenvalue weighted by molar-refractivity contribution is 0.0595. The highest BCUT2D eigenvalue weighted by Gasteiger charge is 2.26. The third kappa shape index (κ3) is 3.16. The Morgan fingerprint density at radius 2 is 1.84 bits per heavy atom. The summed E-state index contributed by atoms with van der Waals surface area (Å²) in [7, 11) is 1.30. The molecule has 4 heteroatoms. The van der Waals surface area contributed by atoms with Crippen molar-refractivity contribution in [2.24, 2.45) is 5.92 Å². The van der Waals surface area contributed by atoms with Crippen LogP contribution < -0.4 is 0 Å². The molecule has 0 aromatic heterocycles. The van der Waals surface area contributed by atoms with Gasteiger partial charge in [-0.05, 0) is 31.0 Å². The zero-order valence-corrected chi connectivity index (χ0v) is 11.7. The quantitative estimate of drug-likeness (QED) is 0.623. The van der Waals surface area contributed by atoms with Gasteiger partial charge in [0.2, 0.25) is 0 Å². The van der Waals surface area contributed by atoms with Gasteiger partial charge in [-0.3, -0.25) is 4.79 Å². The van der Waals surface area contributed by atoms with Gasteiger partial charge < -0.3 is 4.74 Å². The van der Waals surface area contributed by atoms with Crippen molar-refractivity contribution in [3.8, 4) is 0 Å². The molecule has 1 aromatic rings. The highest BCUT2D eigenvalue weighted by Crippen LogP contribution is 2.29. The molecule has 0 spiro atoms. The van der Waals surface area contributed by atoms with Crippen LogP contribution in [0, 0.1) is 5.92 Å². The maximum absolute atomic E-state index is 12.5. The van der Waals surface area contributed by atoms with E-state index in [9.17, 15) is 9.59 Å². The molecular weight excluding hydrogens is 264 g/mol. The molecule has 1 saturated carbocycles. The van der Waals surface area contributed by atoms with Crippen molar-refractivity contribution in [1.29, 1.82) is 0 Å². The molecule has 0 radical (unpaired) electrons. The van der Waals surface area contributed by atoms with E-state index in [2.05, 4.69) is 0 Å². The number of rotatable bonds is 3. The topological polar surface area (TPSA) is 43.4 Å². The first kappa shape index (κ1) is 14.1. The van der Waals surface area contributed by atoms with Crippen LogP contribution in [0.15, 0.2) is 18.2 Å². The fourth-order valence-electron chi connectivity index (χ4n) is 2.59. The van der Waals surface area contributed by atoms with Crippen molar-refractivity contribution in [3.63, 3.8) is 0 Å². The molecule has 0 saturated heterocycles. The number of Topliss-reactive ketones (excluding diaryl/α,β-unsaturated/α-hetero) is 1. The van der Waals surface area contributed by atoms with Gasteiger partial charge in [0, 0.05) is 16.5 Å². The lowest BCUT2D eigenvalue weighted by Crippen LogP contribution is -2.20. The fraction of sp³-hybridized carbons (Fsp3) is 0.467. The molecule has 1 fully saturated rings. The summed E-state index contributed by atoms with van der Waals surface area (Å²) in [6, 6.07) is 4.78. The Bertz CT molecular complexity index is 490. The highest BCUT2D eigenvalue weighted by molar-refractivity contribution is 6.31. The van der Waals surface area contributed by atoms with E-state index in [-0.39, 0.29) is 17.3 Å². The number of halogens is 1. The molecule has 2 rings (SSSR count). The Kier molecular flexibility index (Phi) is 4.59. The normalized spacial score (nSPS) is 16.1. The SMILES string of the molecule is COC(=O)c1cc(Cl)ccc1C(=O)C1CCCCC1. The first-order chi connectivity index (χ1) is 9.13. The van der Waals surface area contributed by atoms with Crippen LogP contribution in [0.25, 0.3) is 0 Å². The number of carbonyl (C=O) groups is 2. The van der Waals surface area contributed by atoms with Crippen molar-refractivity contribution < 1.29 is 14.3 Å². The van der Waals surface area contributed by atoms with Crippen LogP contribution in [0.3, 0.4) is 0 Å². The molecule has 3 nitrogen and oxygen atoms in total. The van der Waals surface area contributed by atoms with Gasteiger partial charge >= 0.3 is 5.97 Å². The number of benzene rings is 1. The predicted octanol–water partition coefficient (Wildman–Crippen LogP) is 3.89. The second kappa shape index (κ2) is 6.20.